The van der Waals surface area contributed by atoms with Crippen LogP contribution in [-0.2, 0) is 11.2 Å². The van der Waals surface area contributed by atoms with Crippen molar-refractivity contribution in [3.63, 3.8) is 0 Å². The molecule has 0 aromatic heterocycles. The molecule has 1 saturated heterocycles. The number of nitrogens with zero attached hydrogens (tertiary/aromatic N) is 1. The first-order chi connectivity index (χ1) is 14.2. The quantitative estimate of drug-likeness (QED) is 0.694. The van der Waals surface area contributed by atoms with Crippen molar-refractivity contribution in [2.24, 2.45) is 5.92 Å². The number of piperidine rings is 1. The summed E-state index contributed by atoms with van der Waals surface area (Å²) in [6.07, 6.45) is 2.51. The van der Waals surface area contributed by atoms with Crippen molar-refractivity contribution in [3.8, 4) is 0 Å². The van der Waals surface area contributed by atoms with Crippen LogP contribution in [-0.4, -0.2) is 29.8 Å². The fourth-order valence-electron chi connectivity index (χ4n) is 4.14. The molecule has 1 aliphatic heterocycles. The summed E-state index contributed by atoms with van der Waals surface area (Å²) in [5.74, 6) is -0.179. The lowest BCUT2D eigenvalue weighted by atomic mass is 9.95. The maximum absolute atomic E-state index is 13.2. The maximum Gasteiger partial charge on any atom is 0.254 e. The van der Waals surface area contributed by atoms with Crippen LogP contribution in [0.3, 0.4) is 0 Å². The van der Waals surface area contributed by atoms with Crippen LogP contribution in [0.2, 0.25) is 0 Å². The molecule has 4 heteroatoms. The highest BCUT2D eigenvalue weighted by molar-refractivity contribution is 6.07. The number of para-hydroxylation sites is 1. The lowest BCUT2D eigenvalue weighted by Crippen LogP contribution is -2.43. The first-order valence-corrected chi connectivity index (χ1v) is 10.3. The number of rotatable bonds is 4. The molecule has 1 N–H and O–H groups in total. The molecule has 148 valence electrons. The van der Waals surface area contributed by atoms with Gasteiger partial charge in [0, 0.05) is 24.3 Å². The first kappa shape index (κ1) is 19.2. The lowest BCUT2D eigenvalue weighted by Gasteiger charge is -2.32. The van der Waals surface area contributed by atoms with Crippen LogP contribution in [0, 0.1) is 5.92 Å². The van der Waals surface area contributed by atoms with Crippen molar-refractivity contribution in [1.82, 2.24) is 4.90 Å². The van der Waals surface area contributed by atoms with Gasteiger partial charge in [-0.15, -0.1) is 0 Å². The van der Waals surface area contributed by atoms with E-state index in [0.29, 0.717) is 18.7 Å². The van der Waals surface area contributed by atoms with Gasteiger partial charge in [-0.05, 0) is 47.7 Å². The maximum atomic E-state index is 13.2. The molecule has 4 nitrogen and oxygen atoms in total. The summed E-state index contributed by atoms with van der Waals surface area (Å²) in [5.41, 5.74) is 2.71. The molecule has 1 fully saturated rings. The van der Waals surface area contributed by atoms with Crippen molar-refractivity contribution in [1.29, 1.82) is 0 Å². The largest absolute Gasteiger partial charge is 0.338 e. The topological polar surface area (TPSA) is 49.4 Å². The van der Waals surface area contributed by atoms with Gasteiger partial charge in [0.25, 0.3) is 5.91 Å². The van der Waals surface area contributed by atoms with Gasteiger partial charge >= 0.3 is 0 Å². The lowest BCUT2D eigenvalue weighted by molar-refractivity contribution is -0.121. The predicted molar refractivity (Wildman–Crippen MR) is 117 cm³/mol. The normalized spacial score (nSPS) is 16.6. The van der Waals surface area contributed by atoms with E-state index in [4.69, 9.17) is 0 Å². The van der Waals surface area contributed by atoms with Crippen molar-refractivity contribution >= 4 is 28.3 Å². The Morgan fingerprint density at radius 3 is 2.62 bits per heavy atom. The van der Waals surface area contributed by atoms with Crippen molar-refractivity contribution in [2.45, 2.75) is 26.2 Å². The third-order valence-corrected chi connectivity index (χ3v) is 5.76. The van der Waals surface area contributed by atoms with Crippen LogP contribution >= 0.6 is 0 Å². The second-order valence-electron chi connectivity index (χ2n) is 7.62. The summed E-state index contributed by atoms with van der Waals surface area (Å²) >= 11 is 0. The Kier molecular flexibility index (Phi) is 5.61. The number of anilines is 1. The molecule has 4 rings (SSSR count). The summed E-state index contributed by atoms with van der Waals surface area (Å²) in [7, 11) is 0. The van der Waals surface area contributed by atoms with Crippen molar-refractivity contribution < 1.29 is 9.59 Å². The zero-order valence-electron chi connectivity index (χ0n) is 16.7. The molecule has 1 heterocycles. The molecule has 2 amide bonds. The van der Waals surface area contributed by atoms with Crippen LogP contribution in [0.5, 0.6) is 0 Å². The first-order valence-electron chi connectivity index (χ1n) is 10.3. The van der Waals surface area contributed by atoms with E-state index in [1.807, 2.05) is 71.6 Å². The number of hydrogen-bond acceptors (Lipinski definition) is 2. The van der Waals surface area contributed by atoms with Gasteiger partial charge in [0.2, 0.25) is 5.91 Å². The predicted octanol–water partition coefficient (Wildman–Crippen LogP) is 4.89. The molecular weight excluding hydrogens is 360 g/mol. The number of amides is 2. The smallest absolute Gasteiger partial charge is 0.254 e. The van der Waals surface area contributed by atoms with Gasteiger partial charge in [-0.25, -0.2) is 0 Å². The molecule has 1 atom stereocenters. The summed E-state index contributed by atoms with van der Waals surface area (Å²) in [6.45, 7) is 3.23. The van der Waals surface area contributed by atoms with E-state index in [2.05, 4.69) is 12.2 Å². The van der Waals surface area contributed by atoms with Gasteiger partial charge in [-0.2, -0.15) is 0 Å². The molecule has 1 aliphatic rings. The summed E-state index contributed by atoms with van der Waals surface area (Å²) in [5, 5.41) is 5.10. The average molecular weight is 386 g/mol. The van der Waals surface area contributed by atoms with Crippen molar-refractivity contribution in [2.75, 3.05) is 18.4 Å². The number of carbonyl (C=O) groups is 2. The van der Waals surface area contributed by atoms with Crippen molar-refractivity contribution in [3.05, 3.63) is 77.9 Å². The number of nitrogens with one attached hydrogen (secondary N) is 1. The second kappa shape index (κ2) is 8.48. The number of likely N-dealkylation sites (tertiary alicyclic amines) is 1. The number of carbonyl (C=O) groups excluding carboxylic acids is 2. The fourth-order valence-corrected chi connectivity index (χ4v) is 4.14. The van der Waals surface area contributed by atoms with Gasteiger partial charge in [0.15, 0.2) is 0 Å². The minimum absolute atomic E-state index is 0.00122. The van der Waals surface area contributed by atoms with Crippen LogP contribution in [0.1, 0.15) is 35.7 Å². The fraction of sp³-hybridized carbons (Fsp3) is 0.280. The summed E-state index contributed by atoms with van der Waals surface area (Å²) in [6, 6.07) is 21.7. The molecule has 0 radical (unpaired) electrons. The molecular formula is C25H26N2O2. The molecule has 3 aromatic rings. The van der Waals surface area contributed by atoms with Gasteiger partial charge in [0.05, 0.1) is 5.92 Å². The molecule has 0 aliphatic carbocycles. The Bertz CT molecular complexity index is 1040. The van der Waals surface area contributed by atoms with Gasteiger partial charge in [0.1, 0.15) is 0 Å². The number of hydrogen-bond donors (Lipinski definition) is 1. The molecule has 0 bridgehead atoms. The minimum atomic E-state index is -0.187. The highest BCUT2D eigenvalue weighted by atomic mass is 16.2. The molecule has 1 unspecified atom stereocenters. The third kappa shape index (κ3) is 4.02. The van der Waals surface area contributed by atoms with Crippen LogP contribution in [0.25, 0.3) is 10.8 Å². The van der Waals surface area contributed by atoms with Gasteiger partial charge in [-0.3, -0.25) is 9.59 Å². The van der Waals surface area contributed by atoms with E-state index in [1.165, 1.54) is 0 Å². The Balaban J connectivity index is 1.50. The Morgan fingerprint density at radius 1 is 1.00 bits per heavy atom. The Hall–Kier alpha value is -3.14. The zero-order valence-corrected chi connectivity index (χ0v) is 16.7. The van der Waals surface area contributed by atoms with E-state index in [0.717, 1.165) is 41.3 Å². The highest BCUT2D eigenvalue weighted by Crippen LogP contribution is 2.25. The molecule has 0 spiro atoms. The summed E-state index contributed by atoms with van der Waals surface area (Å²) < 4.78 is 0. The van der Waals surface area contributed by atoms with E-state index in [9.17, 15) is 9.59 Å². The second-order valence-corrected chi connectivity index (χ2v) is 7.62. The standard InChI is InChI=1S/C25H26N2O2/c1-2-18-9-4-6-15-23(18)26-24(28)20-12-8-16-27(17-20)25(29)22-14-7-11-19-10-3-5-13-21(19)22/h3-7,9-11,13-15,20H,2,8,12,16-17H2,1H3,(H,26,28). The number of benzene rings is 3. The molecule has 29 heavy (non-hydrogen) atoms. The van der Waals surface area contributed by atoms with Crippen LogP contribution in [0.4, 0.5) is 5.69 Å². The number of aryl methyl sites for hydroxylation is 1. The van der Waals surface area contributed by atoms with Crippen LogP contribution in [0.15, 0.2) is 66.7 Å². The zero-order chi connectivity index (χ0) is 20.2. The van der Waals surface area contributed by atoms with E-state index in [-0.39, 0.29) is 17.7 Å². The summed E-state index contributed by atoms with van der Waals surface area (Å²) in [4.78, 5) is 28.0. The van der Waals surface area contributed by atoms with Gasteiger partial charge in [-0.1, -0.05) is 61.5 Å². The van der Waals surface area contributed by atoms with E-state index in [1.54, 1.807) is 0 Å². The average Bonchev–Trinajstić information content (AvgIpc) is 2.78. The third-order valence-electron chi connectivity index (χ3n) is 5.76. The molecule has 0 saturated carbocycles. The van der Waals surface area contributed by atoms with Gasteiger partial charge < -0.3 is 10.2 Å². The Morgan fingerprint density at radius 2 is 1.76 bits per heavy atom. The number of fused-ring (bicyclic) bond motifs is 1. The van der Waals surface area contributed by atoms with E-state index >= 15 is 0 Å². The SMILES string of the molecule is CCc1ccccc1NC(=O)C1CCCN(C(=O)c2cccc3ccccc23)C1. The van der Waals surface area contributed by atoms with E-state index < -0.39 is 0 Å². The Labute approximate surface area is 171 Å². The molecule has 3 aromatic carbocycles. The highest BCUT2D eigenvalue weighted by Gasteiger charge is 2.29. The minimum Gasteiger partial charge on any atom is -0.338 e. The monoisotopic (exact) mass is 386 g/mol. The van der Waals surface area contributed by atoms with Crippen LogP contribution < -0.4 is 5.32 Å².